The molecule has 1 N–H and O–H groups in total. The van der Waals surface area contributed by atoms with E-state index in [-0.39, 0.29) is 18.2 Å². The minimum absolute atomic E-state index is 0.111. The number of hydrogen-bond donors (Lipinski definition) is 1. The Kier molecular flexibility index (Phi) is 5.78. The van der Waals surface area contributed by atoms with Crippen LogP contribution in [0.3, 0.4) is 0 Å². The average Bonchev–Trinajstić information content (AvgIpc) is 2.65. The zero-order chi connectivity index (χ0) is 18.7. The number of nitrogens with one attached hydrogen (secondary N) is 1. The minimum Gasteiger partial charge on any atom is -0.378 e. The standard InChI is InChI=1S/C18H22ClN3O4/c1-2-15(17(24)21-7-9-26-10-8-21)22-16(23)11-14(20-18(22)25)12-3-5-13(19)6-4-12/h3-6,14-15H,2,7-11H2,1H3,(H,20,25). The molecule has 0 aromatic heterocycles. The number of nitrogens with zero attached hydrogens (tertiary/aromatic N) is 2. The van der Waals surface area contributed by atoms with Gasteiger partial charge in [0.2, 0.25) is 11.8 Å². The number of urea groups is 1. The summed E-state index contributed by atoms with van der Waals surface area (Å²) in [7, 11) is 0. The van der Waals surface area contributed by atoms with Crippen molar-refractivity contribution in [1.82, 2.24) is 15.1 Å². The number of carbonyl (C=O) groups is 3. The van der Waals surface area contributed by atoms with Crippen molar-refractivity contribution in [2.45, 2.75) is 31.8 Å². The summed E-state index contributed by atoms with van der Waals surface area (Å²) in [6.45, 7) is 3.70. The molecule has 2 heterocycles. The molecule has 1 aromatic carbocycles. The van der Waals surface area contributed by atoms with Crippen LogP contribution >= 0.6 is 11.6 Å². The smallest absolute Gasteiger partial charge is 0.325 e. The number of imide groups is 1. The van der Waals surface area contributed by atoms with Gasteiger partial charge in [-0.05, 0) is 24.1 Å². The van der Waals surface area contributed by atoms with Gasteiger partial charge in [0.05, 0.1) is 25.7 Å². The van der Waals surface area contributed by atoms with Gasteiger partial charge < -0.3 is 15.0 Å². The van der Waals surface area contributed by atoms with Crippen LogP contribution in [-0.4, -0.2) is 60.0 Å². The van der Waals surface area contributed by atoms with Crippen LogP contribution in [-0.2, 0) is 14.3 Å². The summed E-state index contributed by atoms with van der Waals surface area (Å²) < 4.78 is 5.26. The normalized spacial score (nSPS) is 22.2. The van der Waals surface area contributed by atoms with Crippen molar-refractivity contribution in [3.63, 3.8) is 0 Å². The molecule has 2 unspecified atom stereocenters. The zero-order valence-electron chi connectivity index (χ0n) is 14.6. The Balaban J connectivity index is 1.73. The molecule has 7 nitrogen and oxygen atoms in total. The SMILES string of the molecule is CCC(C(=O)N1CCOCC1)N1C(=O)CC(c2ccc(Cl)cc2)NC1=O. The second-order valence-electron chi connectivity index (χ2n) is 6.38. The van der Waals surface area contributed by atoms with E-state index in [1.54, 1.807) is 36.1 Å². The molecule has 2 saturated heterocycles. The van der Waals surface area contributed by atoms with Gasteiger partial charge in [0.25, 0.3) is 0 Å². The fraction of sp³-hybridized carbons (Fsp3) is 0.500. The maximum absolute atomic E-state index is 12.8. The first-order valence-corrected chi connectivity index (χ1v) is 9.13. The minimum atomic E-state index is -0.785. The molecule has 0 radical (unpaired) electrons. The molecule has 8 heteroatoms. The van der Waals surface area contributed by atoms with Crippen molar-refractivity contribution >= 4 is 29.4 Å². The summed E-state index contributed by atoms with van der Waals surface area (Å²) in [6.07, 6.45) is 0.487. The first-order valence-electron chi connectivity index (χ1n) is 8.75. The third kappa shape index (κ3) is 3.83. The highest BCUT2D eigenvalue weighted by Gasteiger charge is 2.41. The first kappa shape index (κ1) is 18.7. The number of morpholine rings is 1. The number of ether oxygens (including phenoxy) is 1. The second-order valence-corrected chi connectivity index (χ2v) is 6.82. The maximum Gasteiger partial charge on any atom is 0.325 e. The summed E-state index contributed by atoms with van der Waals surface area (Å²) in [6, 6.07) is 5.27. The van der Waals surface area contributed by atoms with E-state index in [0.29, 0.717) is 37.7 Å². The van der Waals surface area contributed by atoms with Gasteiger partial charge in [0.15, 0.2) is 0 Å². The van der Waals surface area contributed by atoms with Gasteiger partial charge >= 0.3 is 6.03 Å². The summed E-state index contributed by atoms with van der Waals surface area (Å²) in [4.78, 5) is 40.8. The van der Waals surface area contributed by atoms with Crippen LogP contribution in [0.15, 0.2) is 24.3 Å². The van der Waals surface area contributed by atoms with Crippen molar-refractivity contribution in [2.24, 2.45) is 0 Å². The van der Waals surface area contributed by atoms with Crippen molar-refractivity contribution in [3.05, 3.63) is 34.9 Å². The lowest BCUT2D eigenvalue weighted by Crippen LogP contribution is -2.60. The van der Waals surface area contributed by atoms with Gasteiger partial charge in [-0.3, -0.25) is 14.5 Å². The Labute approximate surface area is 157 Å². The second kappa shape index (κ2) is 8.05. The van der Waals surface area contributed by atoms with Crippen molar-refractivity contribution < 1.29 is 19.1 Å². The molecule has 0 saturated carbocycles. The number of hydrogen-bond acceptors (Lipinski definition) is 4. The van der Waals surface area contributed by atoms with Crippen LogP contribution in [0.5, 0.6) is 0 Å². The van der Waals surface area contributed by atoms with Gasteiger partial charge in [0.1, 0.15) is 6.04 Å². The van der Waals surface area contributed by atoms with Crippen LogP contribution in [0.2, 0.25) is 5.02 Å². The fourth-order valence-corrected chi connectivity index (χ4v) is 3.46. The monoisotopic (exact) mass is 379 g/mol. The van der Waals surface area contributed by atoms with E-state index < -0.39 is 18.1 Å². The van der Waals surface area contributed by atoms with E-state index in [2.05, 4.69) is 5.32 Å². The van der Waals surface area contributed by atoms with Crippen LogP contribution in [0, 0.1) is 0 Å². The molecule has 4 amide bonds. The van der Waals surface area contributed by atoms with Gasteiger partial charge in [-0.1, -0.05) is 30.7 Å². The fourth-order valence-electron chi connectivity index (χ4n) is 3.33. The molecule has 2 fully saturated rings. The molecule has 1 aromatic rings. The summed E-state index contributed by atoms with van der Waals surface area (Å²) in [5, 5.41) is 3.42. The maximum atomic E-state index is 12.8. The van der Waals surface area contributed by atoms with Crippen molar-refractivity contribution in [3.8, 4) is 0 Å². The van der Waals surface area contributed by atoms with Gasteiger partial charge in [-0.15, -0.1) is 0 Å². The molecule has 140 valence electrons. The first-order chi connectivity index (χ1) is 12.5. The molecular weight excluding hydrogens is 358 g/mol. The Morgan fingerprint density at radius 3 is 2.50 bits per heavy atom. The van der Waals surface area contributed by atoms with Gasteiger partial charge in [-0.2, -0.15) is 0 Å². The lowest BCUT2D eigenvalue weighted by Gasteiger charge is -2.38. The highest BCUT2D eigenvalue weighted by atomic mass is 35.5. The Morgan fingerprint density at radius 1 is 1.27 bits per heavy atom. The highest BCUT2D eigenvalue weighted by molar-refractivity contribution is 6.30. The molecule has 2 aliphatic rings. The predicted octanol–water partition coefficient (Wildman–Crippen LogP) is 1.96. The summed E-state index contributed by atoms with van der Waals surface area (Å²) in [5.74, 6) is -0.550. The average molecular weight is 380 g/mol. The number of amides is 4. The third-order valence-electron chi connectivity index (χ3n) is 4.74. The number of carbonyl (C=O) groups excluding carboxylic acids is 3. The van der Waals surface area contributed by atoms with E-state index in [1.807, 2.05) is 0 Å². The van der Waals surface area contributed by atoms with E-state index in [9.17, 15) is 14.4 Å². The molecule has 0 spiro atoms. The molecule has 0 aliphatic carbocycles. The van der Waals surface area contributed by atoms with Gasteiger partial charge in [-0.25, -0.2) is 4.79 Å². The Morgan fingerprint density at radius 2 is 1.92 bits per heavy atom. The largest absolute Gasteiger partial charge is 0.378 e. The number of rotatable bonds is 4. The Bertz CT molecular complexity index is 670. The highest BCUT2D eigenvalue weighted by Crippen LogP contribution is 2.26. The summed E-state index contributed by atoms with van der Waals surface area (Å²) >= 11 is 5.89. The molecule has 0 bridgehead atoms. The molecule has 2 atom stereocenters. The molecule has 2 aliphatic heterocycles. The Hall–Kier alpha value is -2.12. The van der Waals surface area contributed by atoms with Crippen LogP contribution in [0.25, 0.3) is 0 Å². The lowest BCUT2D eigenvalue weighted by molar-refractivity contribution is -0.147. The van der Waals surface area contributed by atoms with Crippen LogP contribution in [0.1, 0.15) is 31.4 Å². The molecule has 26 heavy (non-hydrogen) atoms. The van der Waals surface area contributed by atoms with Crippen LogP contribution < -0.4 is 5.32 Å². The quantitative estimate of drug-likeness (QED) is 0.867. The van der Waals surface area contributed by atoms with Crippen molar-refractivity contribution in [2.75, 3.05) is 26.3 Å². The molecule has 3 rings (SSSR count). The topological polar surface area (TPSA) is 79.0 Å². The van der Waals surface area contributed by atoms with Crippen molar-refractivity contribution in [1.29, 1.82) is 0 Å². The zero-order valence-corrected chi connectivity index (χ0v) is 15.4. The van der Waals surface area contributed by atoms with E-state index in [0.717, 1.165) is 10.5 Å². The number of benzene rings is 1. The third-order valence-corrected chi connectivity index (χ3v) is 4.99. The number of halogens is 1. The van der Waals surface area contributed by atoms with E-state index >= 15 is 0 Å². The van der Waals surface area contributed by atoms with E-state index in [1.165, 1.54) is 0 Å². The predicted molar refractivity (Wildman–Crippen MR) is 95.7 cm³/mol. The lowest BCUT2D eigenvalue weighted by atomic mass is 10.00. The van der Waals surface area contributed by atoms with Gasteiger partial charge in [0, 0.05) is 18.1 Å². The van der Waals surface area contributed by atoms with Crippen LogP contribution in [0.4, 0.5) is 4.79 Å². The van der Waals surface area contributed by atoms with E-state index in [4.69, 9.17) is 16.3 Å². The molecular formula is C18H22ClN3O4. The summed E-state index contributed by atoms with van der Waals surface area (Å²) in [5.41, 5.74) is 0.809.